The second-order valence-electron chi connectivity index (χ2n) is 8.18. The van der Waals surface area contributed by atoms with Gasteiger partial charge < -0.3 is 19.4 Å². The molecule has 31 heavy (non-hydrogen) atoms. The minimum Gasteiger partial charge on any atom is -0.497 e. The Labute approximate surface area is 182 Å². The van der Waals surface area contributed by atoms with Crippen LogP contribution in [0.4, 0.5) is 0 Å². The summed E-state index contributed by atoms with van der Waals surface area (Å²) in [6.45, 7) is 5.39. The summed E-state index contributed by atoms with van der Waals surface area (Å²) >= 11 is 0. The van der Waals surface area contributed by atoms with Gasteiger partial charge in [-0.25, -0.2) is 4.98 Å². The Morgan fingerprint density at radius 3 is 2.52 bits per heavy atom. The molecule has 1 aliphatic heterocycles. The number of fused-ring (bicyclic) bond motifs is 3. The van der Waals surface area contributed by atoms with E-state index in [-0.39, 0.29) is 0 Å². The summed E-state index contributed by atoms with van der Waals surface area (Å²) in [4.78, 5) is 13.3. The Morgan fingerprint density at radius 1 is 0.968 bits per heavy atom. The van der Waals surface area contributed by atoms with Gasteiger partial charge in [-0.3, -0.25) is 4.90 Å². The molecule has 6 nitrogen and oxygen atoms in total. The van der Waals surface area contributed by atoms with Crippen molar-refractivity contribution in [3.63, 3.8) is 0 Å². The SMILES string of the molecule is COc1ccc(-c2nc(COCN3CCN(C)CC3)cc3c2[nH]c2ccccc23)cc1. The molecule has 1 saturated heterocycles. The molecule has 0 bridgehead atoms. The zero-order chi connectivity index (χ0) is 21.2. The number of hydrogen-bond donors (Lipinski definition) is 1. The van der Waals surface area contributed by atoms with Crippen LogP contribution in [0.2, 0.25) is 0 Å². The van der Waals surface area contributed by atoms with Crippen LogP contribution in [-0.4, -0.2) is 66.8 Å². The molecule has 1 N–H and O–H groups in total. The van der Waals surface area contributed by atoms with E-state index in [4.69, 9.17) is 14.5 Å². The number of nitrogens with one attached hydrogen (secondary N) is 1. The van der Waals surface area contributed by atoms with E-state index in [0.29, 0.717) is 13.3 Å². The number of nitrogens with zero attached hydrogens (tertiary/aromatic N) is 3. The Kier molecular flexibility index (Phi) is 5.59. The van der Waals surface area contributed by atoms with E-state index in [2.05, 4.69) is 64.3 Å². The molecule has 1 fully saturated rings. The third kappa shape index (κ3) is 4.14. The Balaban J connectivity index is 1.47. The molecule has 2 aromatic carbocycles. The highest BCUT2D eigenvalue weighted by Gasteiger charge is 2.16. The minimum atomic E-state index is 0.491. The minimum absolute atomic E-state index is 0.491. The van der Waals surface area contributed by atoms with E-state index in [9.17, 15) is 0 Å². The highest BCUT2D eigenvalue weighted by molar-refractivity contribution is 6.11. The largest absolute Gasteiger partial charge is 0.497 e. The molecule has 0 aliphatic carbocycles. The van der Waals surface area contributed by atoms with Crippen molar-refractivity contribution in [1.29, 1.82) is 0 Å². The standard InChI is InChI=1S/C25H28N4O2/c1-28-11-13-29(14-12-28)17-31-16-19-15-22-21-5-3-4-6-23(21)27-25(22)24(26-19)18-7-9-20(30-2)10-8-18/h3-10,15,27H,11-14,16-17H2,1-2H3. The Morgan fingerprint density at radius 2 is 1.74 bits per heavy atom. The monoisotopic (exact) mass is 416 g/mol. The van der Waals surface area contributed by atoms with Gasteiger partial charge in [0.15, 0.2) is 0 Å². The molecule has 6 heteroatoms. The third-order valence-electron chi connectivity index (χ3n) is 6.03. The summed E-state index contributed by atoms with van der Waals surface area (Å²) in [6, 6.07) is 18.6. The van der Waals surface area contributed by atoms with Crippen LogP contribution in [0.5, 0.6) is 5.75 Å². The van der Waals surface area contributed by atoms with E-state index >= 15 is 0 Å². The normalized spacial score (nSPS) is 15.7. The summed E-state index contributed by atoms with van der Waals surface area (Å²) < 4.78 is 11.4. The van der Waals surface area contributed by atoms with Gasteiger partial charge in [0, 0.05) is 48.0 Å². The second kappa shape index (κ2) is 8.67. The molecule has 0 atom stereocenters. The van der Waals surface area contributed by atoms with Crippen LogP contribution in [0, 0.1) is 0 Å². The summed E-state index contributed by atoms with van der Waals surface area (Å²) in [5.74, 6) is 0.836. The van der Waals surface area contributed by atoms with Crippen LogP contribution in [-0.2, 0) is 11.3 Å². The number of hydrogen-bond acceptors (Lipinski definition) is 5. The van der Waals surface area contributed by atoms with E-state index in [1.54, 1.807) is 7.11 Å². The van der Waals surface area contributed by atoms with Gasteiger partial charge in [-0.1, -0.05) is 18.2 Å². The molecule has 0 saturated carbocycles. The van der Waals surface area contributed by atoms with Gasteiger partial charge >= 0.3 is 0 Å². The van der Waals surface area contributed by atoms with Gasteiger partial charge in [0.1, 0.15) is 5.75 Å². The van der Waals surface area contributed by atoms with Crippen molar-refractivity contribution in [2.45, 2.75) is 6.61 Å². The second-order valence-corrected chi connectivity index (χ2v) is 8.18. The predicted molar refractivity (Wildman–Crippen MR) is 124 cm³/mol. The van der Waals surface area contributed by atoms with Crippen molar-refractivity contribution in [3.05, 3.63) is 60.3 Å². The van der Waals surface area contributed by atoms with Crippen molar-refractivity contribution in [2.75, 3.05) is 47.1 Å². The van der Waals surface area contributed by atoms with Crippen LogP contribution < -0.4 is 4.74 Å². The van der Waals surface area contributed by atoms with Crippen molar-refractivity contribution in [2.24, 2.45) is 0 Å². The molecular weight excluding hydrogens is 388 g/mol. The van der Waals surface area contributed by atoms with Gasteiger partial charge in [0.05, 0.1) is 37.4 Å². The fourth-order valence-corrected chi connectivity index (χ4v) is 4.19. The summed E-state index contributed by atoms with van der Waals surface area (Å²) in [5.41, 5.74) is 5.10. The van der Waals surface area contributed by atoms with Gasteiger partial charge in [0.2, 0.25) is 0 Å². The lowest BCUT2D eigenvalue weighted by atomic mass is 10.1. The summed E-state index contributed by atoms with van der Waals surface area (Å²) in [7, 11) is 3.85. The number of likely N-dealkylation sites (N-methyl/N-ethyl adjacent to an activating group) is 1. The first-order valence-electron chi connectivity index (χ1n) is 10.7. The smallest absolute Gasteiger partial charge is 0.118 e. The van der Waals surface area contributed by atoms with Gasteiger partial charge in [0.25, 0.3) is 0 Å². The molecule has 0 unspecified atom stereocenters. The van der Waals surface area contributed by atoms with E-state index in [1.165, 1.54) is 10.8 Å². The van der Waals surface area contributed by atoms with Crippen molar-refractivity contribution < 1.29 is 9.47 Å². The first-order valence-corrected chi connectivity index (χ1v) is 10.7. The van der Waals surface area contributed by atoms with Crippen LogP contribution in [0.3, 0.4) is 0 Å². The maximum Gasteiger partial charge on any atom is 0.118 e. The number of para-hydroxylation sites is 1. The zero-order valence-corrected chi connectivity index (χ0v) is 18.1. The first kappa shape index (κ1) is 20.0. The van der Waals surface area contributed by atoms with E-state index in [1.807, 2.05) is 12.1 Å². The number of benzene rings is 2. The molecule has 1 aliphatic rings. The Hall–Kier alpha value is -2.93. The maximum atomic E-state index is 6.07. The number of aromatic amines is 1. The fraction of sp³-hybridized carbons (Fsp3) is 0.320. The molecule has 0 spiro atoms. The number of methoxy groups -OCH3 is 1. The van der Waals surface area contributed by atoms with Gasteiger partial charge in [-0.15, -0.1) is 0 Å². The summed E-state index contributed by atoms with van der Waals surface area (Å²) in [6.07, 6.45) is 0. The lowest BCUT2D eigenvalue weighted by Crippen LogP contribution is -2.45. The molecule has 160 valence electrons. The topological polar surface area (TPSA) is 53.6 Å². The maximum absolute atomic E-state index is 6.07. The molecule has 0 radical (unpaired) electrons. The van der Waals surface area contributed by atoms with Crippen LogP contribution in [0.15, 0.2) is 54.6 Å². The molecule has 2 aromatic heterocycles. The van der Waals surface area contributed by atoms with Crippen molar-refractivity contribution >= 4 is 21.8 Å². The number of rotatable bonds is 6. The third-order valence-corrected chi connectivity index (χ3v) is 6.03. The average Bonchev–Trinajstić information content (AvgIpc) is 3.19. The lowest BCUT2D eigenvalue weighted by Gasteiger charge is -2.31. The molecule has 0 amide bonds. The number of H-pyrrole nitrogens is 1. The van der Waals surface area contributed by atoms with Crippen LogP contribution in [0.1, 0.15) is 5.69 Å². The number of aromatic nitrogens is 2. The average molecular weight is 417 g/mol. The highest BCUT2D eigenvalue weighted by Crippen LogP contribution is 2.33. The number of piperazine rings is 1. The lowest BCUT2D eigenvalue weighted by molar-refractivity contribution is -0.00285. The van der Waals surface area contributed by atoms with Gasteiger partial charge in [-0.05, 0) is 43.4 Å². The van der Waals surface area contributed by atoms with E-state index in [0.717, 1.165) is 59.9 Å². The molecule has 3 heterocycles. The van der Waals surface area contributed by atoms with E-state index < -0.39 is 0 Å². The zero-order valence-electron chi connectivity index (χ0n) is 18.1. The van der Waals surface area contributed by atoms with Crippen LogP contribution in [0.25, 0.3) is 33.1 Å². The quantitative estimate of drug-likeness (QED) is 0.513. The molecule has 5 rings (SSSR count). The first-order chi connectivity index (χ1) is 15.2. The molecular formula is C25H28N4O2. The molecule has 4 aromatic rings. The van der Waals surface area contributed by atoms with Crippen LogP contribution >= 0.6 is 0 Å². The fourth-order valence-electron chi connectivity index (χ4n) is 4.19. The highest BCUT2D eigenvalue weighted by atomic mass is 16.5. The van der Waals surface area contributed by atoms with Gasteiger partial charge in [-0.2, -0.15) is 0 Å². The summed E-state index contributed by atoms with van der Waals surface area (Å²) in [5, 5.41) is 2.38. The predicted octanol–water partition coefficient (Wildman–Crippen LogP) is 4.11. The number of pyridine rings is 1. The number of ether oxygens (including phenoxy) is 2. The van der Waals surface area contributed by atoms with Crippen molar-refractivity contribution in [3.8, 4) is 17.0 Å². The van der Waals surface area contributed by atoms with Crippen molar-refractivity contribution in [1.82, 2.24) is 19.8 Å². The Bertz CT molecular complexity index is 1180.